The van der Waals surface area contributed by atoms with Crippen LogP contribution in [0.15, 0.2) is 18.2 Å². The molecular weight excluding hydrogens is 258 g/mol. The SMILES string of the molecule is C#CCOc1ccc(CNCCOCCO)cc1OC. The second kappa shape index (κ2) is 10.1. The fourth-order valence-corrected chi connectivity index (χ4v) is 1.60. The number of benzene rings is 1. The minimum absolute atomic E-state index is 0.0519. The van der Waals surface area contributed by atoms with Crippen LogP contribution in [0.3, 0.4) is 0 Å². The lowest BCUT2D eigenvalue weighted by atomic mass is 10.2. The van der Waals surface area contributed by atoms with Crippen LogP contribution in [-0.2, 0) is 11.3 Å². The molecule has 0 aromatic heterocycles. The predicted octanol–water partition coefficient (Wildman–Crippen LogP) is 0.806. The number of rotatable bonds is 10. The van der Waals surface area contributed by atoms with Gasteiger partial charge in [-0.3, -0.25) is 0 Å². The van der Waals surface area contributed by atoms with Crippen molar-refractivity contribution in [3.8, 4) is 23.8 Å². The van der Waals surface area contributed by atoms with E-state index in [1.807, 2.05) is 18.2 Å². The van der Waals surface area contributed by atoms with E-state index in [-0.39, 0.29) is 13.2 Å². The van der Waals surface area contributed by atoms with Gasteiger partial charge in [0.1, 0.15) is 6.61 Å². The Morgan fingerprint density at radius 2 is 2.15 bits per heavy atom. The lowest BCUT2D eigenvalue weighted by Crippen LogP contribution is -2.20. The molecule has 0 saturated carbocycles. The van der Waals surface area contributed by atoms with Gasteiger partial charge < -0.3 is 24.6 Å². The summed E-state index contributed by atoms with van der Waals surface area (Å²) < 4.78 is 15.8. The molecule has 0 atom stereocenters. The maximum absolute atomic E-state index is 8.56. The van der Waals surface area contributed by atoms with E-state index >= 15 is 0 Å². The van der Waals surface area contributed by atoms with E-state index in [9.17, 15) is 0 Å². The first-order chi connectivity index (χ1) is 9.81. The normalized spacial score (nSPS) is 10.1. The highest BCUT2D eigenvalue weighted by molar-refractivity contribution is 5.43. The van der Waals surface area contributed by atoms with Crippen molar-refractivity contribution in [3.05, 3.63) is 23.8 Å². The Morgan fingerprint density at radius 1 is 1.30 bits per heavy atom. The molecule has 0 saturated heterocycles. The molecule has 1 rings (SSSR count). The molecule has 1 aromatic carbocycles. The van der Waals surface area contributed by atoms with E-state index in [2.05, 4.69) is 11.2 Å². The molecule has 0 fully saturated rings. The summed E-state index contributed by atoms with van der Waals surface area (Å²) in [6.45, 7) is 2.64. The summed E-state index contributed by atoms with van der Waals surface area (Å²) >= 11 is 0. The van der Waals surface area contributed by atoms with Crippen molar-refractivity contribution in [2.24, 2.45) is 0 Å². The summed E-state index contributed by atoms with van der Waals surface area (Å²) in [5.41, 5.74) is 1.08. The van der Waals surface area contributed by atoms with Gasteiger partial charge in [-0.25, -0.2) is 0 Å². The zero-order chi connectivity index (χ0) is 14.6. The van der Waals surface area contributed by atoms with Gasteiger partial charge in [0.25, 0.3) is 0 Å². The smallest absolute Gasteiger partial charge is 0.162 e. The highest BCUT2D eigenvalue weighted by atomic mass is 16.5. The minimum Gasteiger partial charge on any atom is -0.493 e. The Kier molecular flexibility index (Phi) is 8.24. The Balaban J connectivity index is 2.41. The molecule has 0 bridgehead atoms. The first-order valence-electron chi connectivity index (χ1n) is 6.44. The van der Waals surface area contributed by atoms with Crippen molar-refractivity contribution >= 4 is 0 Å². The van der Waals surface area contributed by atoms with Crippen molar-refractivity contribution in [1.29, 1.82) is 0 Å². The maximum atomic E-state index is 8.56. The molecule has 0 radical (unpaired) electrons. The van der Waals surface area contributed by atoms with Gasteiger partial charge in [0, 0.05) is 13.1 Å². The van der Waals surface area contributed by atoms with Crippen LogP contribution in [0.4, 0.5) is 0 Å². The van der Waals surface area contributed by atoms with Crippen LogP contribution >= 0.6 is 0 Å². The van der Waals surface area contributed by atoms with Crippen LogP contribution < -0.4 is 14.8 Å². The van der Waals surface area contributed by atoms with Crippen molar-refractivity contribution in [1.82, 2.24) is 5.32 Å². The van der Waals surface area contributed by atoms with E-state index in [1.165, 1.54) is 0 Å². The summed E-state index contributed by atoms with van der Waals surface area (Å²) in [4.78, 5) is 0. The van der Waals surface area contributed by atoms with E-state index in [1.54, 1.807) is 7.11 Å². The van der Waals surface area contributed by atoms with Crippen molar-refractivity contribution in [2.75, 3.05) is 40.1 Å². The molecule has 1 aromatic rings. The van der Waals surface area contributed by atoms with E-state index < -0.39 is 0 Å². The van der Waals surface area contributed by atoms with E-state index in [0.717, 1.165) is 12.1 Å². The molecule has 5 heteroatoms. The number of terminal acetylenes is 1. The van der Waals surface area contributed by atoms with Crippen LogP contribution in [0.2, 0.25) is 0 Å². The fourth-order valence-electron chi connectivity index (χ4n) is 1.60. The molecule has 20 heavy (non-hydrogen) atoms. The summed E-state index contributed by atoms with van der Waals surface area (Å²) in [6, 6.07) is 5.71. The molecule has 5 nitrogen and oxygen atoms in total. The molecule has 0 aliphatic rings. The van der Waals surface area contributed by atoms with Crippen molar-refractivity contribution in [3.63, 3.8) is 0 Å². The lowest BCUT2D eigenvalue weighted by Gasteiger charge is -2.11. The van der Waals surface area contributed by atoms with E-state index in [4.69, 9.17) is 25.7 Å². The number of aliphatic hydroxyl groups is 1. The van der Waals surface area contributed by atoms with Crippen LogP contribution in [-0.4, -0.2) is 45.2 Å². The van der Waals surface area contributed by atoms with Gasteiger partial charge in [-0.15, -0.1) is 6.42 Å². The monoisotopic (exact) mass is 279 g/mol. The Bertz CT molecular complexity index is 428. The second-order valence-corrected chi connectivity index (χ2v) is 3.99. The van der Waals surface area contributed by atoms with Gasteiger partial charge in [-0.05, 0) is 17.7 Å². The first kappa shape index (κ1) is 16.3. The molecule has 110 valence electrons. The summed E-state index contributed by atoms with van der Waals surface area (Å²) in [6.07, 6.45) is 5.16. The molecule has 0 spiro atoms. The number of aliphatic hydroxyl groups excluding tert-OH is 1. The average Bonchev–Trinajstić information content (AvgIpc) is 2.49. The Morgan fingerprint density at radius 3 is 2.85 bits per heavy atom. The van der Waals surface area contributed by atoms with Crippen LogP contribution in [0.25, 0.3) is 0 Å². The Labute approximate surface area is 119 Å². The zero-order valence-corrected chi connectivity index (χ0v) is 11.7. The third kappa shape index (κ3) is 5.93. The van der Waals surface area contributed by atoms with Crippen LogP contribution in [0.1, 0.15) is 5.56 Å². The lowest BCUT2D eigenvalue weighted by molar-refractivity contribution is 0.0938. The topological polar surface area (TPSA) is 60.0 Å². The van der Waals surface area contributed by atoms with Gasteiger partial charge in [-0.1, -0.05) is 12.0 Å². The quantitative estimate of drug-likeness (QED) is 0.490. The molecule has 0 aliphatic heterocycles. The van der Waals surface area contributed by atoms with Gasteiger partial charge in [0.15, 0.2) is 11.5 Å². The zero-order valence-electron chi connectivity index (χ0n) is 11.7. The third-order valence-corrected chi connectivity index (χ3v) is 2.53. The number of hydrogen-bond acceptors (Lipinski definition) is 5. The van der Waals surface area contributed by atoms with Crippen molar-refractivity contribution < 1.29 is 19.3 Å². The van der Waals surface area contributed by atoms with Crippen LogP contribution in [0, 0.1) is 12.3 Å². The van der Waals surface area contributed by atoms with E-state index in [0.29, 0.717) is 31.3 Å². The van der Waals surface area contributed by atoms with Gasteiger partial charge >= 0.3 is 0 Å². The van der Waals surface area contributed by atoms with Gasteiger partial charge in [-0.2, -0.15) is 0 Å². The number of nitrogens with one attached hydrogen (secondary N) is 1. The summed E-state index contributed by atoms with van der Waals surface area (Å²) in [7, 11) is 1.60. The number of methoxy groups -OCH3 is 1. The molecule has 0 aliphatic carbocycles. The average molecular weight is 279 g/mol. The molecular formula is C15H21NO4. The Hall–Kier alpha value is -1.74. The van der Waals surface area contributed by atoms with Gasteiger partial charge in [0.05, 0.1) is 26.9 Å². The number of ether oxygens (including phenoxy) is 3. The fraction of sp³-hybridized carbons (Fsp3) is 0.467. The molecule has 0 amide bonds. The number of hydrogen-bond donors (Lipinski definition) is 2. The van der Waals surface area contributed by atoms with Gasteiger partial charge in [0.2, 0.25) is 0 Å². The third-order valence-electron chi connectivity index (χ3n) is 2.53. The first-order valence-corrected chi connectivity index (χ1v) is 6.44. The second-order valence-electron chi connectivity index (χ2n) is 3.99. The molecule has 0 unspecified atom stereocenters. The highest BCUT2D eigenvalue weighted by Gasteiger charge is 2.05. The molecule has 2 N–H and O–H groups in total. The summed E-state index contributed by atoms with van der Waals surface area (Å²) in [5.74, 6) is 3.72. The minimum atomic E-state index is 0.0519. The molecule has 0 heterocycles. The highest BCUT2D eigenvalue weighted by Crippen LogP contribution is 2.27. The predicted molar refractivity (Wildman–Crippen MR) is 76.9 cm³/mol. The summed E-state index contributed by atoms with van der Waals surface area (Å²) in [5, 5.41) is 11.8. The largest absolute Gasteiger partial charge is 0.493 e. The van der Waals surface area contributed by atoms with Crippen molar-refractivity contribution in [2.45, 2.75) is 6.54 Å². The maximum Gasteiger partial charge on any atom is 0.162 e. The van der Waals surface area contributed by atoms with Crippen LogP contribution in [0.5, 0.6) is 11.5 Å². The standard InChI is InChI=1S/C15H21NO4/c1-3-8-20-14-5-4-13(11-15(14)18-2)12-16-6-9-19-10-7-17/h1,4-5,11,16-17H,6-10,12H2,2H3.